The molecule has 3 aromatic rings. The molecule has 2 aromatic heterocycles. The largest absolute Gasteiger partial charge is 0.396 e. The van der Waals surface area contributed by atoms with Gasteiger partial charge in [0.15, 0.2) is 0 Å². The maximum atomic E-state index is 13.1. The van der Waals surface area contributed by atoms with E-state index in [-0.39, 0.29) is 17.8 Å². The van der Waals surface area contributed by atoms with E-state index in [4.69, 9.17) is 0 Å². The number of rotatable bonds is 4. The molecule has 1 atom stereocenters. The zero-order valence-electron chi connectivity index (χ0n) is 13.2. The lowest BCUT2D eigenvalue weighted by molar-refractivity contribution is 0.144. The van der Waals surface area contributed by atoms with E-state index in [1.807, 2.05) is 12.3 Å². The molecule has 0 amide bonds. The number of halogens is 1. The van der Waals surface area contributed by atoms with Gasteiger partial charge in [0.05, 0.1) is 12.0 Å². The molecule has 1 saturated heterocycles. The number of aliphatic hydroxyl groups excluding tert-OH is 1. The van der Waals surface area contributed by atoms with E-state index >= 15 is 0 Å². The molecule has 124 valence electrons. The third-order valence-corrected chi connectivity index (χ3v) is 4.90. The minimum absolute atomic E-state index is 0.0994. The first-order chi connectivity index (χ1) is 11.7. The Kier molecular flexibility index (Phi) is 3.69. The highest BCUT2D eigenvalue weighted by atomic mass is 19.1. The second-order valence-corrected chi connectivity index (χ2v) is 6.57. The van der Waals surface area contributed by atoms with Crippen LogP contribution in [0.25, 0.3) is 11.0 Å². The summed E-state index contributed by atoms with van der Waals surface area (Å²) in [4.78, 5) is 14.0. The maximum Gasteiger partial charge on any atom is 0.142 e. The van der Waals surface area contributed by atoms with Crippen LogP contribution in [0.3, 0.4) is 0 Å². The summed E-state index contributed by atoms with van der Waals surface area (Å²) in [7, 11) is 0. The van der Waals surface area contributed by atoms with Crippen LogP contribution >= 0.6 is 0 Å². The first-order valence-electron chi connectivity index (χ1n) is 8.07. The first-order valence-corrected chi connectivity index (χ1v) is 8.07. The van der Waals surface area contributed by atoms with Crippen molar-refractivity contribution in [2.75, 3.05) is 24.6 Å². The molecular weight excluding hydrogens is 307 g/mol. The predicted octanol–water partition coefficient (Wildman–Crippen LogP) is 2.53. The molecule has 6 heteroatoms. The van der Waals surface area contributed by atoms with Gasteiger partial charge in [-0.25, -0.2) is 14.4 Å². The molecule has 3 heterocycles. The van der Waals surface area contributed by atoms with Gasteiger partial charge in [-0.3, -0.25) is 0 Å². The van der Waals surface area contributed by atoms with Gasteiger partial charge in [-0.05, 0) is 36.6 Å². The van der Waals surface area contributed by atoms with Crippen LogP contribution in [0.4, 0.5) is 10.2 Å². The number of aromatic nitrogens is 3. The van der Waals surface area contributed by atoms with Gasteiger partial charge in [-0.1, -0.05) is 12.1 Å². The van der Waals surface area contributed by atoms with E-state index in [0.29, 0.717) is 0 Å². The van der Waals surface area contributed by atoms with Gasteiger partial charge in [-0.2, -0.15) is 0 Å². The average Bonchev–Trinajstić information content (AvgIpc) is 3.24. The van der Waals surface area contributed by atoms with Crippen molar-refractivity contribution in [1.29, 1.82) is 0 Å². The number of nitrogens with zero attached hydrogens (tertiary/aromatic N) is 3. The van der Waals surface area contributed by atoms with Crippen LogP contribution in [0, 0.1) is 11.2 Å². The van der Waals surface area contributed by atoms with Crippen LogP contribution < -0.4 is 4.90 Å². The molecule has 4 rings (SSSR count). The summed E-state index contributed by atoms with van der Waals surface area (Å²) in [6.45, 7) is 1.65. The molecule has 0 radical (unpaired) electrons. The number of aliphatic hydroxyl groups is 1. The minimum atomic E-state index is -0.235. The molecule has 1 aliphatic rings. The van der Waals surface area contributed by atoms with Crippen LogP contribution in [-0.2, 0) is 6.42 Å². The summed E-state index contributed by atoms with van der Waals surface area (Å²) in [5, 5.41) is 11.0. The van der Waals surface area contributed by atoms with E-state index in [1.165, 1.54) is 12.1 Å². The number of benzene rings is 1. The first kappa shape index (κ1) is 15.1. The lowest BCUT2D eigenvalue weighted by atomic mass is 9.81. The van der Waals surface area contributed by atoms with Gasteiger partial charge in [0, 0.05) is 24.7 Å². The molecule has 1 fully saturated rings. The molecule has 2 N–H and O–H groups in total. The number of aromatic amines is 1. The topological polar surface area (TPSA) is 65.0 Å². The fourth-order valence-corrected chi connectivity index (χ4v) is 3.59. The number of nitrogens with one attached hydrogen (secondary N) is 1. The van der Waals surface area contributed by atoms with E-state index < -0.39 is 0 Å². The third kappa shape index (κ3) is 2.63. The van der Waals surface area contributed by atoms with Crippen molar-refractivity contribution in [3.8, 4) is 0 Å². The van der Waals surface area contributed by atoms with E-state index in [9.17, 15) is 9.50 Å². The Balaban J connectivity index is 1.59. The Morgan fingerprint density at radius 1 is 1.21 bits per heavy atom. The Labute approximate surface area is 139 Å². The summed E-state index contributed by atoms with van der Waals surface area (Å²) in [5.41, 5.74) is 1.63. The van der Waals surface area contributed by atoms with Crippen molar-refractivity contribution in [2.45, 2.75) is 12.8 Å². The molecule has 0 saturated carbocycles. The third-order valence-electron chi connectivity index (χ3n) is 4.90. The number of fused-ring (bicyclic) bond motifs is 1. The van der Waals surface area contributed by atoms with Crippen LogP contribution in [0.5, 0.6) is 0 Å². The van der Waals surface area contributed by atoms with Crippen molar-refractivity contribution in [1.82, 2.24) is 15.0 Å². The zero-order valence-corrected chi connectivity index (χ0v) is 13.2. The highest BCUT2D eigenvalue weighted by Crippen LogP contribution is 2.37. The number of hydrogen-bond acceptors (Lipinski definition) is 4. The lowest BCUT2D eigenvalue weighted by Gasteiger charge is -2.27. The van der Waals surface area contributed by atoms with Gasteiger partial charge >= 0.3 is 0 Å². The molecule has 0 bridgehead atoms. The second-order valence-electron chi connectivity index (χ2n) is 6.57. The molecule has 24 heavy (non-hydrogen) atoms. The van der Waals surface area contributed by atoms with Gasteiger partial charge in [0.1, 0.15) is 23.6 Å². The summed E-state index contributed by atoms with van der Waals surface area (Å²) < 4.78 is 13.1. The molecular formula is C18H19FN4O. The van der Waals surface area contributed by atoms with Gasteiger partial charge in [0.2, 0.25) is 0 Å². The molecule has 5 nitrogen and oxygen atoms in total. The van der Waals surface area contributed by atoms with Crippen LogP contribution in [-0.4, -0.2) is 39.8 Å². The molecule has 0 aliphatic carbocycles. The fourth-order valence-electron chi connectivity index (χ4n) is 3.59. The summed E-state index contributed by atoms with van der Waals surface area (Å²) in [5.74, 6) is 0.663. The van der Waals surface area contributed by atoms with E-state index in [0.717, 1.165) is 48.3 Å². The van der Waals surface area contributed by atoms with Crippen molar-refractivity contribution < 1.29 is 9.50 Å². The van der Waals surface area contributed by atoms with Crippen molar-refractivity contribution in [2.24, 2.45) is 5.41 Å². The SMILES string of the molecule is OCC1(Cc2ccc(F)cc2)CCN(c2ncnc3[nH]ccc23)C1. The van der Waals surface area contributed by atoms with E-state index in [1.54, 1.807) is 18.5 Å². The number of H-pyrrole nitrogens is 1. The Morgan fingerprint density at radius 2 is 2.04 bits per heavy atom. The number of anilines is 1. The Hall–Kier alpha value is -2.47. The fraction of sp³-hybridized carbons (Fsp3) is 0.333. The Bertz CT molecular complexity index is 848. The quantitative estimate of drug-likeness (QED) is 0.773. The van der Waals surface area contributed by atoms with Gasteiger partial charge in [0.25, 0.3) is 0 Å². The van der Waals surface area contributed by atoms with Gasteiger partial charge in [-0.15, -0.1) is 0 Å². The summed E-state index contributed by atoms with van der Waals surface area (Å²) >= 11 is 0. The Morgan fingerprint density at radius 3 is 2.83 bits per heavy atom. The maximum absolute atomic E-state index is 13.1. The molecule has 0 spiro atoms. The van der Waals surface area contributed by atoms with Crippen molar-refractivity contribution >= 4 is 16.9 Å². The van der Waals surface area contributed by atoms with Crippen molar-refractivity contribution in [3.63, 3.8) is 0 Å². The lowest BCUT2D eigenvalue weighted by Crippen LogP contribution is -2.33. The average molecular weight is 326 g/mol. The van der Waals surface area contributed by atoms with Crippen LogP contribution in [0.2, 0.25) is 0 Å². The summed E-state index contributed by atoms with van der Waals surface area (Å²) in [6.07, 6.45) is 5.02. The standard InChI is InChI=1S/C18H19FN4O/c19-14-3-1-13(2-4-14)9-18(11-24)6-8-23(10-18)17-15-5-7-20-16(15)21-12-22-17/h1-5,7,12,24H,6,8-11H2,(H,20,21,22). The van der Waals surface area contributed by atoms with Crippen LogP contribution in [0.15, 0.2) is 42.9 Å². The smallest absolute Gasteiger partial charge is 0.142 e. The van der Waals surface area contributed by atoms with E-state index in [2.05, 4.69) is 19.9 Å². The molecule has 1 aliphatic heterocycles. The summed E-state index contributed by atoms with van der Waals surface area (Å²) in [6, 6.07) is 8.51. The molecule has 1 aromatic carbocycles. The predicted molar refractivity (Wildman–Crippen MR) is 90.3 cm³/mol. The second kappa shape index (κ2) is 5.87. The minimum Gasteiger partial charge on any atom is -0.396 e. The monoisotopic (exact) mass is 326 g/mol. The van der Waals surface area contributed by atoms with Gasteiger partial charge < -0.3 is 15.0 Å². The van der Waals surface area contributed by atoms with Crippen LogP contribution in [0.1, 0.15) is 12.0 Å². The molecule has 1 unspecified atom stereocenters. The van der Waals surface area contributed by atoms with Crippen molar-refractivity contribution in [3.05, 3.63) is 54.2 Å². The highest BCUT2D eigenvalue weighted by Gasteiger charge is 2.38. The zero-order chi connectivity index (χ0) is 16.6. The highest BCUT2D eigenvalue weighted by molar-refractivity contribution is 5.87. The normalized spacial score (nSPS) is 20.8. The number of hydrogen-bond donors (Lipinski definition) is 2.